The first kappa shape index (κ1) is 16.2. The Morgan fingerprint density at radius 2 is 2.10 bits per heavy atom. The Labute approximate surface area is 126 Å². The monoisotopic (exact) mass is 312 g/mol. The lowest BCUT2D eigenvalue weighted by atomic mass is 9.91. The number of aromatic nitrogens is 1. The predicted octanol–water partition coefficient (Wildman–Crippen LogP) is 1.27. The molecule has 1 aromatic rings. The van der Waals surface area contributed by atoms with Crippen molar-refractivity contribution >= 4 is 9.84 Å². The summed E-state index contributed by atoms with van der Waals surface area (Å²) in [6, 6.07) is 3.70. The van der Waals surface area contributed by atoms with Gasteiger partial charge in [0.1, 0.15) is 0 Å². The van der Waals surface area contributed by atoms with E-state index >= 15 is 0 Å². The van der Waals surface area contributed by atoms with Crippen LogP contribution in [0.3, 0.4) is 0 Å². The van der Waals surface area contributed by atoms with Crippen molar-refractivity contribution in [2.75, 3.05) is 18.6 Å². The standard InChI is InChI=1S/C15H24N2O3S/c1-3-10-21(19,20)11-9-17-14-6-4-5-13(16-2)12(14)7-8-15(17)18/h7-8,13,16H,3-6,9-11H2,1-2H3. The molecule has 1 aromatic heterocycles. The van der Waals surface area contributed by atoms with Gasteiger partial charge in [0.2, 0.25) is 0 Å². The summed E-state index contributed by atoms with van der Waals surface area (Å²) in [5, 5.41) is 3.27. The zero-order valence-corrected chi connectivity index (χ0v) is 13.6. The van der Waals surface area contributed by atoms with Crippen molar-refractivity contribution in [1.29, 1.82) is 0 Å². The predicted molar refractivity (Wildman–Crippen MR) is 84.4 cm³/mol. The Bertz CT molecular complexity index is 649. The van der Waals surface area contributed by atoms with Gasteiger partial charge in [-0.1, -0.05) is 13.0 Å². The third-order valence-electron chi connectivity index (χ3n) is 4.10. The molecule has 0 saturated heterocycles. The van der Waals surface area contributed by atoms with E-state index in [0.29, 0.717) is 6.42 Å². The van der Waals surface area contributed by atoms with Crippen LogP contribution in [0.2, 0.25) is 0 Å². The summed E-state index contributed by atoms with van der Waals surface area (Å²) in [6.45, 7) is 2.12. The van der Waals surface area contributed by atoms with Crippen LogP contribution in [0.5, 0.6) is 0 Å². The molecule has 1 aliphatic rings. The quantitative estimate of drug-likeness (QED) is 0.859. The summed E-state index contributed by atoms with van der Waals surface area (Å²) in [7, 11) is -1.15. The number of pyridine rings is 1. The lowest BCUT2D eigenvalue weighted by Gasteiger charge is -2.27. The maximum absolute atomic E-state index is 12.1. The Morgan fingerprint density at radius 1 is 1.33 bits per heavy atom. The topological polar surface area (TPSA) is 68.2 Å². The van der Waals surface area contributed by atoms with E-state index in [1.54, 1.807) is 10.6 Å². The van der Waals surface area contributed by atoms with E-state index in [1.165, 1.54) is 0 Å². The highest BCUT2D eigenvalue weighted by Gasteiger charge is 2.22. The molecule has 0 amide bonds. The van der Waals surface area contributed by atoms with E-state index in [4.69, 9.17) is 0 Å². The van der Waals surface area contributed by atoms with Crippen molar-refractivity contribution in [3.63, 3.8) is 0 Å². The maximum Gasteiger partial charge on any atom is 0.250 e. The highest BCUT2D eigenvalue weighted by molar-refractivity contribution is 7.91. The maximum atomic E-state index is 12.1. The van der Waals surface area contributed by atoms with Gasteiger partial charge in [-0.05, 0) is 38.3 Å². The van der Waals surface area contributed by atoms with Crippen LogP contribution < -0.4 is 10.9 Å². The van der Waals surface area contributed by atoms with Crippen molar-refractivity contribution in [1.82, 2.24) is 9.88 Å². The summed E-state index contributed by atoms with van der Waals surface area (Å²) in [4.78, 5) is 12.1. The summed E-state index contributed by atoms with van der Waals surface area (Å²) < 4.78 is 25.4. The van der Waals surface area contributed by atoms with Crippen LogP contribution in [0.1, 0.15) is 43.5 Å². The van der Waals surface area contributed by atoms with Crippen molar-refractivity contribution in [3.05, 3.63) is 33.7 Å². The van der Waals surface area contributed by atoms with Crippen LogP contribution in [0.25, 0.3) is 0 Å². The largest absolute Gasteiger partial charge is 0.313 e. The van der Waals surface area contributed by atoms with Gasteiger partial charge in [-0.2, -0.15) is 0 Å². The molecule has 1 aliphatic carbocycles. The summed E-state index contributed by atoms with van der Waals surface area (Å²) in [5.41, 5.74) is 2.04. The molecular weight excluding hydrogens is 288 g/mol. The van der Waals surface area contributed by atoms with Crippen LogP contribution in [-0.4, -0.2) is 31.5 Å². The average Bonchev–Trinajstić information content (AvgIpc) is 2.45. The molecular formula is C15H24N2O3S. The Balaban J connectivity index is 2.30. The number of hydrogen-bond donors (Lipinski definition) is 1. The van der Waals surface area contributed by atoms with Crippen LogP contribution in [0, 0.1) is 0 Å². The number of nitrogens with zero attached hydrogens (tertiary/aromatic N) is 1. The molecule has 0 aliphatic heterocycles. The molecule has 0 bridgehead atoms. The Morgan fingerprint density at radius 3 is 2.76 bits per heavy atom. The second-order valence-corrected chi connectivity index (χ2v) is 7.91. The zero-order chi connectivity index (χ0) is 15.5. The SMILES string of the molecule is CCCS(=O)(=O)CCn1c2c(ccc1=O)C(NC)CCC2. The van der Waals surface area contributed by atoms with Gasteiger partial charge in [0.15, 0.2) is 9.84 Å². The van der Waals surface area contributed by atoms with Crippen LogP contribution >= 0.6 is 0 Å². The van der Waals surface area contributed by atoms with Crippen LogP contribution in [0.4, 0.5) is 0 Å². The third-order valence-corrected chi connectivity index (χ3v) is 5.94. The number of sulfone groups is 1. The molecule has 0 radical (unpaired) electrons. The van der Waals surface area contributed by atoms with Gasteiger partial charge in [0.05, 0.1) is 5.75 Å². The first-order chi connectivity index (χ1) is 9.98. The number of nitrogens with one attached hydrogen (secondary N) is 1. The minimum atomic E-state index is -3.07. The second kappa shape index (κ2) is 6.75. The zero-order valence-electron chi connectivity index (χ0n) is 12.8. The van der Waals surface area contributed by atoms with Crippen LogP contribution in [0.15, 0.2) is 16.9 Å². The van der Waals surface area contributed by atoms with Crippen molar-refractivity contribution in [2.24, 2.45) is 0 Å². The van der Waals surface area contributed by atoms with E-state index in [1.807, 2.05) is 20.0 Å². The molecule has 1 unspecified atom stereocenters. The third kappa shape index (κ3) is 3.74. The van der Waals surface area contributed by atoms with Gasteiger partial charge in [-0.15, -0.1) is 0 Å². The van der Waals surface area contributed by atoms with Gasteiger partial charge < -0.3 is 9.88 Å². The second-order valence-electron chi connectivity index (χ2n) is 5.61. The van der Waals surface area contributed by atoms with Crippen LogP contribution in [-0.2, 0) is 22.8 Å². The minimum Gasteiger partial charge on any atom is -0.313 e. The van der Waals surface area contributed by atoms with Crippen molar-refractivity contribution in [3.8, 4) is 0 Å². The highest BCUT2D eigenvalue weighted by atomic mass is 32.2. The number of hydrogen-bond acceptors (Lipinski definition) is 4. The van der Waals surface area contributed by atoms with Gasteiger partial charge in [0, 0.05) is 30.1 Å². The smallest absolute Gasteiger partial charge is 0.250 e. The molecule has 0 aromatic carbocycles. The van der Waals surface area contributed by atoms with Gasteiger partial charge in [-0.25, -0.2) is 8.42 Å². The fourth-order valence-electron chi connectivity index (χ4n) is 3.05. The van der Waals surface area contributed by atoms with Crippen molar-refractivity contribution in [2.45, 2.75) is 45.2 Å². The fourth-order valence-corrected chi connectivity index (χ4v) is 4.34. The van der Waals surface area contributed by atoms with E-state index in [9.17, 15) is 13.2 Å². The van der Waals surface area contributed by atoms with Gasteiger partial charge in [0.25, 0.3) is 5.56 Å². The minimum absolute atomic E-state index is 0.0431. The first-order valence-corrected chi connectivity index (χ1v) is 9.41. The van der Waals surface area contributed by atoms with E-state index < -0.39 is 9.84 Å². The van der Waals surface area contributed by atoms with E-state index in [-0.39, 0.29) is 29.7 Å². The molecule has 0 fully saturated rings. The van der Waals surface area contributed by atoms with Gasteiger partial charge in [-0.3, -0.25) is 4.79 Å². The van der Waals surface area contributed by atoms with Crippen molar-refractivity contribution < 1.29 is 8.42 Å². The Kier molecular flexibility index (Phi) is 5.22. The number of fused-ring (bicyclic) bond motifs is 1. The molecule has 5 nitrogen and oxygen atoms in total. The first-order valence-electron chi connectivity index (χ1n) is 7.59. The fraction of sp³-hybridized carbons (Fsp3) is 0.667. The van der Waals surface area contributed by atoms with E-state index in [0.717, 1.165) is 30.5 Å². The van der Waals surface area contributed by atoms with E-state index in [2.05, 4.69) is 5.32 Å². The molecule has 2 rings (SSSR count). The number of rotatable bonds is 6. The molecule has 6 heteroatoms. The molecule has 21 heavy (non-hydrogen) atoms. The van der Waals surface area contributed by atoms with Gasteiger partial charge >= 0.3 is 0 Å². The Hall–Kier alpha value is -1.14. The molecule has 1 heterocycles. The molecule has 1 N–H and O–H groups in total. The lowest BCUT2D eigenvalue weighted by molar-refractivity contribution is 0.470. The molecule has 0 saturated carbocycles. The normalized spacial score (nSPS) is 18.5. The highest BCUT2D eigenvalue weighted by Crippen LogP contribution is 2.28. The molecule has 0 spiro atoms. The molecule has 118 valence electrons. The molecule has 1 atom stereocenters. The summed E-state index contributed by atoms with van der Waals surface area (Å²) in [6.07, 6.45) is 3.53. The average molecular weight is 312 g/mol. The summed E-state index contributed by atoms with van der Waals surface area (Å²) in [5.74, 6) is 0.233. The summed E-state index contributed by atoms with van der Waals surface area (Å²) >= 11 is 0. The lowest BCUT2D eigenvalue weighted by Crippen LogP contribution is -2.32.